The molecule has 6 heteroatoms. The largest absolute Gasteiger partial charge is 0.326 e. The monoisotopic (exact) mass is 343 g/mol. The molecular formula is C18H21N3O2S. The van der Waals surface area contributed by atoms with Gasteiger partial charge in [0, 0.05) is 16.3 Å². The van der Waals surface area contributed by atoms with E-state index in [-0.39, 0.29) is 18.2 Å². The number of hydrogen-bond donors (Lipinski definition) is 2. The zero-order chi connectivity index (χ0) is 17.5. The van der Waals surface area contributed by atoms with Crippen molar-refractivity contribution >= 4 is 34.6 Å². The maximum absolute atomic E-state index is 12.1. The van der Waals surface area contributed by atoms with Crippen LogP contribution >= 0.6 is 11.3 Å². The molecule has 0 aliphatic rings. The maximum Gasteiger partial charge on any atom is 0.245 e. The molecule has 24 heavy (non-hydrogen) atoms. The second kappa shape index (κ2) is 8.40. The fourth-order valence-electron chi connectivity index (χ4n) is 2.11. The number of hydrazone groups is 1. The van der Waals surface area contributed by atoms with E-state index in [0.717, 1.165) is 21.7 Å². The second-order valence-electron chi connectivity index (χ2n) is 5.68. The van der Waals surface area contributed by atoms with Gasteiger partial charge in [0.05, 0.1) is 12.8 Å². The van der Waals surface area contributed by atoms with Crippen molar-refractivity contribution in [3.8, 4) is 0 Å². The molecule has 0 bridgehead atoms. The summed E-state index contributed by atoms with van der Waals surface area (Å²) in [6.07, 6.45) is 0.426. The fraction of sp³-hybridized carbons (Fsp3) is 0.278. The molecule has 126 valence electrons. The van der Waals surface area contributed by atoms with Crippen LogP contribution < -0.4 is 10.7 Å². The number of nitrogens with zero attached hydrogens (tertiary/aromatic N) is 1. The Morgan fingerprint density at radius 3 is 2.67 bits per heavy atom. The Hall–Kier alpha value is -2.47. The summed E-state index contributed by atoms with van der Waals surface area (Å²) < 4.78 is 0. The molecule has 0 radical (unpaired) electrons. The highest BCUT2D eigenvalue weighted by molar-refractivity contribution is 7.10. The van der Waals surface area contributed by atoms with Gasteiger partial charge < -0.3 is 5.32 Å². The minimum absolute atomic E-state index is 0.132. The molecule has 0 spiro atoms. The Kier molecular flexibility index (Phi) is 6.26. The van der Waals surface area contributed by atoms with E-state index in [9.17, 15) is 9.59 Å². The van der Waals surface area contributed by atoms with Gasteiger partial charge >= 0.3 is 0 Å². The van der Waals surface area contributed by atoms with E-state index < -0.39 is 0 Å². The molecule has 0 aliphatic heterocycles. The van der Waals surface area contributed by atoms with Crippen LogP contribution in [0.4, 0.5) is 5.69 Å². The lowest BCUT2D eigenvalue weighted by Gasteiger charge is -2.09. The summed E-state index contributed by atoms with van der Waals surface area (Å²) in [5, 5.41) is 8.79. The number of rotatable bonds is 6. The zero-order valence-electron chi connectivity index (χ0n) is 14.1. The van der Waals surface area contributed by atoms with E-state index >= 15 is 0 Å². The summed E-state index contributed by atoms with van der Waals surface area (Å²) in [6, 6.07) is 9.71. The van der Waals surface area contributed by atoms with Crippen molar-refractivity contribution in [3.05, 3.63) is 51.7 Å². The van der Waals surface area contributed by atoms with E-state index in [0.29, 0.717) is 12.1 Å². The fourth-order valence-corrected chi connectivity index (χ4v) is 2.81. The van der Waals surface area contributed by atoms with Crippen LogP contribution in [0.15, 0.2) is 40.8 Å². The van der Waals surface area contributed by atoms with E-state index in [1.165, 1.54) is 11.3 Å². The molecular weight excluding hydrogens is 322 g/mol. The summed E-state index contributed by atoms with van der Waals surface area (Å²) >= 11 is 1.53. The smallest absolute Gasteiger partial charge is 0.245 e. The number of anilines is 1. The molecule has 2 amide bonds. The van der Waals surface area contributed by atoms with Gasteiger partial charge in [-0.3, -0.25) is 9.59 Å². The first-order valence-corrected chi connectivity index (χ1v) is 8.53. The minimum atomic E-state index is -0.188. The molecule has 0 saturated heterocycles. The minimum Gasteiger partial charge on any atom is -0.326 e. The lowest BCUT2D eigenvalue weighted by atomic mass is 10.1. The molecule has 5 nitrogen and oxygen atoms in total. The normalized spacial score (nSPS) is 11.2. The van der Waals surface area contributed by atoms with Gasteiger partial charge in [-0.25, -0.2) is 5.43 Å². The van der Waals surface area contributed by atoms with Gasteiger partial charge in [-0.15, -0.1) is 11.3 Å². The van der Waals surface area contributed by atoms with E-state index in [1.807, 2.05) is 49.6 Å². The van der Waals surface area contributed by atoms with Crippen molar-refractivity contribution in [1.82, 2.24) is 5.43 Å². The van der Waals surface area contributed by atoms with Crippen LogP contribution in [0.5, 0.6) is 0 Å². The van der Waals surface area contributed by atoms with Gasteiger partial charge in [0.1, 0.15) is 0 Å². The number of carbonyl (C=O) groups is 2. The van der Waals surface area contributed by atoms with Crippen LogP contribution in [-0.4, -0.2) is 17.5 Å². The number of benzene rings is 1. The van der Waals surface area contributed by atoms with Crippen LogP contribution in [0.3, 0.4) is 0 Å². The molecule has 1 heterocycles. The number of nitrogens with one attached hydrogen (secondary N) is 2. The topological polar surface area (TPSA) is 70.6 Å². The van der Waals surface area contributed by atoms with Crippen molar-refractivity contribution in [2.24, 2.45) is 5.10 Å². The van der Waals surface area contributed by atoms with Crippen molar-refractivity contribution in [2.75, 3.05) is 5.32 Å². The number of carbonyl (C=O) groups excluding carboxylic acids is 2. The SMILES string of the molecule is CC(CC(=O)Nc1cc(C)ccc1C)=NNC(=O)Cc1cccs1. The van der Waals surface area contributed by atoms with Crippen LogP contribution in [0.2, 0.25) is 0 Å². The first-order chi connectivity index (χ1) is 11.4. The molecule has 1 aromatic heterocycles. The Balaban J connectivity index is 1.84. The quantitative estimate of drug-likeness (QED) is 0.623. The average molecular weight is 343 g/mol. The molecule has 0 saturated carbocycles. The summed E-state index contributed by atoms with van der Waals surface area (Å²) in [5.41, 5.74) is 5.93. The van der Waals surface area contributed by atoms with Gasteiger partial charge in [0.2, 0.25) is 11.8 Å². The third-order valence-corrected chi connectivity index (χ3v) is 4.25. The van der Waals surface area contributed by atoms with Crippen molar-refractivity contribution in [2.45, 2.75) is 33.6 Å². The van der Waals surface area contributed by atoms with Gasteiger partial charge in [0.15, 0.2) is 0 Å². The molecule has 0 fully saturated rings. The van der Waals surface area contributed by atoms with Crippen LogP contribution in [-0.2, 0) is 16.0 Å². The van der Waals surface area contributed by atoms with Crippen molar-refractivity contribution in [3.63, 3.8) is 0 Å². The molecule has 2 N–H and O–H groups in total. The lowest BCUT2D eigenvalue weighted by Crippen LogP contribution is -2.22. The Morgan fingerprint density at radius 2 is 1.96 bits per heavy atom. The number of aryl methyl sites for hydroxylation is 2. The van der Waals surface area contributed by atoms with Crippen LogP contribution in [0.25, 0.3) is 0 Å². The first kappa shape index (κ1) is 17.9. The van der Waals surface area contributed by atoms with Crippen molar-refractivity contribution < 1.29 is 9.59 Å². The number of hydrogen-bond acceptors (Lipinski definition) is 4. The molecule has 1 aromatic carbocycles. The van der Waals surface area contributed by atoms with Gasteiger partial charge in [-0.2, -0.15) is 5.10 Å². The Morgan fingerprint density at radius 1 is 1.17 bits per heavy atom. The highest BCUT2D eigenvalue weighted by atomic mass is 32.1. The predicted molar refractivity (Wildman–Crippen MR) is 98.4 cm³/mol. The average Bonchev–Trinajstić information content (AvgIpc) is 3.01. The molecule has 2 rings (SSSR count). The van der Waals surface area contributed by atoms with Crippen LogP contribution in [0, 0.1) is 13.8 Å². The van der Waals surface area contributed by atoms with E-state index in [1.54, 1.807) is 6.92 Å². The third kappa shape index (κ3) is 5.62. The molecule has 0 unspecified atom stereocenters. The first-order valence-electron chi connectivity index (χ1n) is 7.65. The lowest BCUT2D eigenvalue weighted by molar-refractivity contribution is -0.120. The highest BCUT2D eigenvalue weighted by Gasteiger charge is 2.08. The standard InChI is InChI=1S/C18H21N3O2S/c1-12-6-7-13(2)16(9-12)19-17(22)10-14(3)20-21-18(23)11-15-5-4-8-24-15/h4-9H,10-11H2,1-3H3,(H,19,22)(H,21,23). The molecule has 2 aromatic rings. The number of thiophene rings is 1. The van der Waals surface area contributed by atoms with Gasteiger partial charge in [-0.1, -0.05) is 18.2 Å². The van der Waals surface area contributed by atoms with Crippen LogP contribution in [0.1, 0.15) is 29.3 Å². The summed E-state index contributed by atoms with van der Waals surface area (Å²) in [7, 11) is 0. The van der Waals surface area contributed by atoms with Gasteiger partial charge in [-0.05, 0) is 49.4 Å². The number of amides is 2. The van der Waals surface area contributed by atoms with Gasteiger partial charge in [0.25, 0.3) is 0 Å². The third-order valence-electron chi connectivity index (χ3n) is 3.37. The highest BCUT2D eigenvalue weighted by Crippen LogP contribution is 2.16. The second-order valence-corrected chi connectivity index (χ2v) is 6.71. The zero-order valence-corrected chi connectivity index (χ0v) is 14.9. The summed E-state index contributed by atoms with van der Waals surface area (Å²) in [6.45, 7) is 5.64. The Bertz CT molecular complexity index is 752. The predicted octanol–water partition coefficient (Wildman–Crippen LogP) is 3.43. The summed E-state index contributed by atoms with van der Waals surface area (Å²) in [5.74, 6) is -0.343. The Labute approximate surface area is 145 Å². The van der Waals surface area contributed by atoms with E-state index in [2.05, 4.69) is 15.8 Å². The maximum atomic E-state index is 12.1. The van der Waals surface area contributed by atoms with E-state index in [4.69, 9.17) is 0 Å². The molecule has 0 aliphatic carbocycles. The van der Waals surface area contributed by atoms with Crippen molar-refractivity contribution in [1.29, 1.82) is 0 Å². The summed E-state index contributed by atoms with van der Waals surface area (Å²) in [4.78, 5) is 24.8. The molecule has 0 atom stereocenters.